The van der Waals surface area contributed by atoms with Crippen LogP contribution in [0.1, 0.15) is 23.3 Å². The topological polar surface area (TPSA) is 118 Å². The van der Waals surface area contributed by atoms with Crippen molar-refractivity contribution in [3.05, 3.63) is 111 Å². The van der Waals surface area contributed by atoms with Crippen LogP contribution in [0, 0.1) is 11.7 Å². The quantitative estimate of drug-likeness (QED) is 0.199. The number of nitrogens with one attached hydrogen (secondary N) is 2. The van der Waals surface area contributed by atoms with Gasteiger partial charge in [-0.05, 0) is 60.3 Å². The average Bonchev–Trinajstić information content (AvgIpc) is 3.55. The van der Waals surface area contributed by atoms with Gasteiger partial charge in [0.25, 0.3) is 5.91 Å². The molecular formula is C34H26FN3O6S2. The minimum atomic E-state index is -0.825. The Hall–Kier alpha value is -4.94. The second-order valence-electron chi connectivity index (χ2n) is 10.7. The number of thiazole rings is 1. The Labute approximate surface area is 270 Å². The lowest BCUT2D eigenvalue weighted by Crippen LogP contribution is -2.32. The Morgan fingerprint density at radius 3 is 2.52 bits per heavy atom. The molecule has 1 aromatic heterocycles. The zero-order valence-corrected chi connectivity index (χ0v) is 26.0. The molecule has 0 unspecified atom stereocenters. The molecule has 0 spiro atoms. The molecule has 9 nitrogen and oxygen atoms in total. The van der Waals surface area contributed by atoms with Crippen LogP contribution < -0.4 is 24.6 Å². The minimum Gasteiger partial charge on any atom is -0.490 e. The van der Waals surface area contributed by atoms with Gasteiger partial charge in [0.15, 0.2) is 18.1 Å². The van der Waals surface area contributed by atoms with Gasteiger partial charge in [0.2, 0.25) is 11.8 Å². The maximum Gasteiger partial charge on any atom is 0.305 e. The summed E-state index contributed by atoms with van der Waals surface area (Å²) in [6.45, 7) is 1.83. The number of aromatic amines is 1. The van der Waals surface area contributed by atoms with Crippen molar-refractivity contribution in [1.82, 2.24) is 4.98 Å². The summed E-state index contributed by atoms with van der Waals surface area (Å²) in [4.78, 5) is 57.2. The number of amides is 3. The molecule has 2 aliphatic rings. The largest absolute Gasteiger partial charge is 0.490 e. The number of fused-ring (bicyclic) bond motifs is 3. The summed E-state index contributed by atoms with van der Waals surface area (Å²) in [6.07, 6.45) is 0. The summed E-state index contributed by atoms with van der Waals surface area (Å²) in [5.41, 5.74) is 1.59. The van der Waals surface area contributed by atoms with E-state index >= 15 is 0 Å². The van der Waals surface area contributed by atoms with E-state index < -0.39 is 34.7 Å². The van der Waals surface area contributed by atoms with Crippen LogP contribution in [0.4, 0.5) is 15.8 Å². The number of aromatic nitrogens is 1. The molecule has 2 N–H and O–H groups in total. The molecule has 3 atom stereocenters. The lowest BCUT2D eigenvalue weighted by atomic mass is 9.83. The van der Waals surface area contributed by atoms with E-state index in [9.17, 15) is 23.6 Å². The number of halogens is 1. The SMILES string of the molecule is CCOc1cc([C@@H]2c3sc(=O)[nH]c3S[C@H]3C(=O)N(c4ccc(F)cc4)C(=O)[C@@H]23)ccc1OCC(=O)Nc1cccc2ccccc12. The third kappa shape index (κ3) is 5.33. The molecule has 0 saturated carbocycles. The van der Waals surface area contributed by atoms with Crippen molar-refractivity contribution in [2.24, 2.45) is 5.92 Å². The monoisotopic (exact) mass is 655 g/mol. The third-order valence-corrected chi connectivity index (χ3v) is 10.4. The molecule has 3 heterocycles. The average molecular weight is 656 g/mol. The third-order valence-electron chi connectivity index (χ3n) is 7.96. The number of imide groups is 1. The van der Waals surface area contributed by atoms with Gasteiger partial charge in [0.1, 0.15) is 11.1 Å². The molecule has 4 aromatic carbocycles. The van der Waals surface area contributed by atoms with Gasteiger partial charge in [-0.15, -0.1) is 0 Å². The van der Waals surface area contributed by atoms with Gasteiger partial charge in [0.05, 0.1) is 23.2 Å². The Balaban J connectivity index is 1.18. The van der Waals surface area contributed by atoms with Crippen molar-refractivity contribution in [2.75, 3.05) is 23.4 Å². The Morgan fingerprint density at radius 1 is 0.935 bits per heavy atom. The predicted octanol–water partition coefficient (Wildman–Crippen LogP) is 5.94. The number of rotatable bonds is 8. The Morgan fingerprint density at radius 2 is 1.72 bits per heavy atom. The molecule has 0 aliphatic carbocycles. The standard InChI is InChI=1S/C34H26FN3O6S2/c1-2-43-25-16-19(10-15-24(25)44-17-26(39)36-23-9-5-7-18-6-3-4-8-22(18)23)27-28-30(45-31-29(27)46-34(42)37-31)33(41)38(32(28)40)21-13-11-20(35)12-14-21/h3-16,27-28,30H,2,17H2,1H3,(H,36,39)(H,37,42)/t27-,28-,30+/m0/s1. The van der Waals surface area contributed by atoms with Gasteiger partial charge < -0.3 is 19.8 Å². The summed E-state index contributed by atoms with van der Waals surface area (Å²) in [5.74, 6) is -2.50. The van der Waals surface area contributed by atoms with E-state index in [1.54, 1.807) is 18.2 Å². The van der Waals surface area contributed by atoms with Crippen LogP contribution in [0.15, 0.2) is 94.7 Å². The number of benzene rings is 4. The first-order valence-corrected chi connectivity index (χ1v) is 16.2. The molecule has 0 bridgehead atoms. The molecule has 7 rings (SSSR count). The molecule has 2 aliphatic heterocycles. The molecule has 0 radical (unpaired) electrons. The van der Waals surface area contributed by atoms with E-state index in [2.05, 4.69) is 10.3 Å². The molecule has 232 valence electrons. The maximum atomic E-state index is 13.9. The van der Waals surface area contributed by atoms with Gasteiger partial charge in [-0.25, -0.2) is 9.29 Å². The van der Waals surface area contributed by atoms with Gasteiger partial charge in [-0.1, -0.05) is 65.6 Å². The molecule has 1 fully saturated rings. The number of thioether (sulfide) groups is 1. The van der Waals surface area contributed by atoms with Gasteiger partial charge >= 0.3 is 4.87 Å². The van der Waals surface area contributed by atoms with Crippen molar-refractivity contribution in [3.63, 3.8) is 0 Å². The molecule has 5 aromatic rings. The van der Waals surface area contributed by atoms with E-state index in [-0.39, 0.29) is 23.1 Å². The lowest BCUT2D eigenvalue weighted by Gasteiger charge is -2.30. The van der Waals surface area contributed by atoms with Gasteiger partial charge in [0, 0.05) is 21.9 Å². The van der Waals surface area contributed by atoms with Crippen molar-refractivity contribution in [1.29, 1.82) is 0 Å². The van der Waals surface area contributed by atoms with Crippen molar-refractivity contribution in [3.8, 4) is 11.5 Å². The summed E-state index contributed by atoms with van der Waals surface area (Å²) in [6, 6.07) is 23.7. The number of hydrogen-bond acceptors (Lipinski definition) is 8. The van der Waals surface area contributed by atoms with Crippen molar-refractivity contribution < 1.29 is 28.2 Å². The second kappa shape index (κ2) is 12.1. The van der Waals surface area contributed by atoms with Crippen molar-refractivity contribution in [2.45, 2.75) is 23.1 Å². The van der Waals surface area contributed by atoms with E-state index in [0.29, 0.717) is 39.3 Å². The van der Waals surface area contributed by atoms with Crippen LogP contribution >= 0.6 is 23.1 Å². The highest BCUT2D eigenvalue weighted by Crippen LogP contribution is 2.53. The van der Waals surface area contributed by atoms with Gasteiger partial charge in [-0.3, -0.25) is 19.2 Å². The summed E-state index contributed by atoms with van der Waals surface area (Å²) < 4.78 is 25.5. The normalized spacial score (nSPS) is 18.7. The first kappa shape index (κ1) is 29.8. The van der Waals surface area contributed by atoms with E-state index in [0.717, 1.165) is 38.8 Å². The smallest absolute Gasteiger partial charge is 0.305 e. The van der Waals surface area contributed by atoms with E-state index in [4.69, 9.17) is 9.47 Å². The first-order valence-electron chi connectivity index (χ1n) is 14.5. The van der Waals surface area contributed by atoms with E-state index in [1.165, 1.54) is 24.3 Å². The molecule has 3 amide bonds. The maximum absolute atomic E-state index is 13.9. The number of carbonyl (C=O) groups excluding carboxylic acids is 3. The van der Waals surface area contributed by atoms with Gasteiger partial charge in [-0.2, -0.15) is 0 Å². The number of anilines is 2. The fraction of sp³-hybridized carbons (Fsp3) is 0.176. The number of ether oxygens (including phenoxy) is 2. The Bertz CT molecular complexity index is 2060. The highest BCUT2D eigenvalue weighted by molar-refractivity contribution is 8.00. The number of hydrogen-bond donors (Lipinski definition) is 2. The fourth-order valence-corrected chi connectivity index (χ4v) is 8.51. The predicted molar refractivity (Wildman–Crippen MR) is 174 cm³/mol. The second-order valence-corrected chi connectivity index (χ2v) is 12.9. The van der Waals surface area contributed by atoms with Crippen LogP contribution in [0.25, 0.3) is 10.8 Å². The number of carbonyl (C=O) groups is 3. The molecule has 1 saturated heterocycles. The molecular weight excluding hydrogens is 630 g/mol. The Kier molecular flexibility index (Phi) is 7.83. The molecule has 46 heavy (non-hydrogen) atoms. The summed E-state index contributed by atoms with van der Waals surface area (Å²) in [5, 5.41) is 4.54. The minimum absolute atomic E-state index is 0.280. The number of nitrogens with zero attached hydrogens (tertiary/aromatic N) is 1. The van der Waals surface area contributed by atoms with Crippen LogP contribution in [0.5, 0.6) is 11.5 Å². The first-order chi connectivity index (χ1) is 22.3. The highest BCUT2D eigenvalue weighted by atomic mass is 32.2. The zero-order chi connectivity index (χ0) is 31.9. The van der Waals surface area contributed by atoms with Crippen LogP contribution in [0.2, 0.25) is 0 Å². The summed E-state index contributed by atoms with van der Waals surface area (Å²) in [7, 11) is 0. The summed E-state index contributed by atoms with van der Waals surface area (Å²) >= 11 is 2.15. The number of H-pyrrole nitrogens is 1. The van der Waals surface area contributed by atoms with Crippen molar-refractivity contribution >= 4 is 63.0 Å². The highest BCUT2D eigenvalue weighted by Gasteiger charge is 2.56. The van der Waals surface area contributed by atoms with Crippen LogP contribution in [0.3, 0.4) is 0 Å². The lowest BCUT2D eigenvalue weighted by molar-refractivity contribution is -0.122. The van der Waals surface area contributed by atoms with E-state index in [1.807, 2.05) is 49.4 Å². The fourth-order valence-electron chi connectivity index (χ4n) is 5.99. The molecule has 12 heteroatoms. The van der Waals surface area contributed by atoms with Crippen LogP contribution in [-0.4, -0.2) is 41.2 Å². The zero-order valence-electron chi connectivity index (χ0n) is 24.3. The van der Waals surface area contributed by atoms with Crippen LogP contribution in [-0.2, 0) is 14.4 Å².